The van der Waals surface area contributed by atoms with Gasteiger partial charge >= 0.3 is 0 Å². The Kier molecular flexibility index (Phi) is 5.43. The van der Waals surface area contributed by atoms with E-state index in [0.29, 0.717) is 29.1 Å². The van der Waals surface area contributed by atoms with Crippen molar-refractivity contribution < 1.29 is 9.47 Å². The van der Waals surface area contributed by atoms with E-state index in [-0.39, 0.29) is 6.04 Å². The van der Waals surface area contributed by atoms with Crippen LogP contribution in [0.1, 0.15) is 22.7 Å². The van der Waals surface area contributed by atoms with Crippen LogP contribution in [-0.4, -0.2) is 32.3 Å². The Bertz CT molecular complexity index is 1270. The Morgan fingerprint density at radius 3 is 2.81 bits per heavy atom. The van der Waals surface area contributed by atoms with Crippen LogP contribution in [0.5, 0.6) is 11.5 Å². The van der Waals surface area contributed by atoms with E-state index in [1.807, 2.05) is 54.6 Å². The smallest absolute Gasteiger partial charge is 0.248 e. The molecule has 5 rings (SSSR count). The van der Waals surface area contributed by atoms with Crippen LogP contribution in [0.15, 0.2) is 73.1 Å². The number of ether oxygens (including phenoxy) is 2. The zero-order valence-corrected chi connectivity index (χ0v) is 17.9. The van der Waals surface area contributed by atoms with Crippen molar-refractivity contribution in [1.29, 1.82) is 0 Å². The van der Waals surface area contributed by atoms with Gasteiger partial charge in [0, 0.05) is 34.2 Å². The van der Waals surface area contributed by atoms with Gasteiger partial charge in [0.25, 0.3) is 0 Å². The minimum Gasteiger partial charge on any atom is -0.493 e. The van der Waals surface area contributed by atoms with Crippen LogP contribution in [-0.2, 0) is 6.61 Å². The number of anilines is 1. The van der Waals surface area contributed by atoms with Gasteiger partial charge in [-0.2, -0.15) is 4.68 Å². The molecule has 1 atom stereocenters. The number of methoxy groups -OCH3 is 1. The Morgan fingerprint density at radius 1 is 1.09 bits per heavy atom. The number of tetrazole rings is 1. The number of rotatable bonds is 6. The molecule has 1 aliphatic heterocycles. The van der Waals surface area contributed by atoms with E-state index in [1.54, 1.807) is 24.2 Å². The molecular weight excluding hydrogens is 428 g/mol. The first-order valence-corrected chi connectivity index (χ1v) is 10.3. The largest absolute Gasteiger partial charge is 0.493 e. The molecule has 1 N–H and O–H groups in total. The fourth-order valence-electron chi connectivity index (χ4n) is 3.54. The fourth-order valence-corrected chi connectivity index (χ4v) is 3.73. The van der Waals surface area contributed by atoms with Crippen molar-refractivity contribution in [2.75, 3.05) is 12.4 Å². The van der Waals surface area contributed by atoms with Crippen molar-refractivity contribution in [1.82, 2.24) is 25.2 Å². The summed E-state index contributed by atoms with van der Waals surface area (Å²) in [6.07, 6.45) is 5.58. The van der Waals surface area contributed by atoms with Gasteiger partial charge in [0.1, 0.15) is 12.6 Å². The molecule has 0 unspecified atom stereocenters. The number of halogens is 1. The number of benzene rings is 2. The highest BCUT2D eigenvalue weighted by Gasteiger charge is 2.25. The van der Waals surface area contributed by atoms with E-state index in [1.165, 1.54) is 0 Å². The van der Waals surface area contributed by atoms with Crippen molar-refractivity contribution in [3.63, 3.8) is 0 Å². The number of allylic oxidation sites excluding steroid dienone is 1. The van der Waals surface area contributed by atoms with Crippen LogP contribution in [0.2, 0.25) is 5.02 Å². The molecule has 2 aromatic carbocycles. The minimum absolute atomic E-state index is 0.233. The number of hydrogen-bond acceptors (Lipinski definition) is 7. The van der Waals surface area contributed by atoms with Crippen LogP contribution in [0.4, 0.5) is 5.95 Å². The van der Waals surface area contributed by atoms with Crippen LogP contribution < -0.4 is 14.8 Å². The van der Waals surface area contributed by atoms with Crippen molar-refractivity contribution in [2.45, 2.75) is 12.6 Å². The van der Waals surface area contributed by atoms with Gasteiger partial charge in [-0.05, 0) is 52.4 Å². The Balaban J connectivity index is 1.46. The summed E-state index contributed by atoms with van der Waals surface area (Å²) in [4.78, 5) is 4.21. The Labute approximate surface area is 189 Å². The molecule has 1 aliphatic rings. The molecule has 8 nitrogen and oxygen atoms in total. The summed E-state index contributed by atoms with van der Waals surface area (Å²) in [7, 11) is 1.61. The standard InChI is InChI=1S/C23H19ClN6O2/c1-31-22-11-15(8-9-21(22)32-14-17-5-2-3-7-18(17)24)20-12-19(16-6-4-10-25-13-16)26-23-27-28-29-30(20)23/h2-13,20H,14H2,1H3,(H,26,27,29)/t20-/m0/s1. The lowest BCUT2D eigenvalue weighted by Crippen LogP contribution is -2.20. The quantitative estimate of drug-likeness (QED) is 0.470. The van der Waals surface area contributed by atoms with Crippen molar-refractivity contribution in [3.8, 4) is 11.5 Å². The number of hydrogen-bond donors (Lipinski definition) is 1. The number of aromatic nitrogens is 5. The topological polar surface area (TPSA) is 87.0 Å². The van der Waals surface area contributed by atoms with E-state index in [2.05, 4.69) is 31.9 Å². The number of nitrogens with one attached hydrogen (secondary N) is 1. The van der Waals surface area contributed by atoms with Crippen molar-refractivity contribution in [2.24, 2.45) is 0 Å². The molecule has 0 fully saturated rings. The highest BCUT2D eigenvalue weighted by atomic mass is 35.5. The van der Waals surface area contributed by atoms with Crippen molar-refractivity contribution in [3.05, 3.63) is 94.8 Å². The van der Waals surface area contributed by atoms with Crippen LogP contribution in [0.3, 0.4) is 0 Å². The summed E-state index contributed by atoms with van der Waals surface area (Å²) in [6, 6.07) is 17.0. The lowest BCUT2D eigenvalue weighted by atomic mass is 10.0. The summed E-state index contributed by atoms with van der Waals surface area (Å²) in [5, 5.41) is 16.0. The average molecular weight is 447 g/mol. The predicted octanol–water partition coefficient (Wildman–Crippen LogP) is 4.37. The van der Waals surface area contributed by atoms with Gasteiger partial charge in [-0.3, -0.25) is 4.98 Å². The zero-order chi connectivity index (χ0) is 21.9. The molecule has 4 aromatic rings. The van der Waals surface area contributed by atoms with Crippen LogP contribution in [0, 0.1) is 0 Å². The molecule has 0 bridgehead atoms. The molecule has 2 aromatic heterocycles. The van der Waals surface area contributed by atoms with Gasteiger partial charge in [-0.25, -0.2) is 0 Å². The monoisotopic (exact) mass is 446 g/mol. The van der Waals surface area contributed by atoms with Gasteiger partial charge in [0.2, 0.25) is 5.95 Å². The third kappa shape index (κ3) is 3.88. The second kappa shape index (κ2) is 8.68. The molecule has 0 spiro atoms. The Morgan fingerprint density at radius 2 is 2.00 bits per heavy atom. The molecule has 9 heteroatoms. The third-order valence-corrected chi connectivity index (χ3v) is 5.54. The third-order valence-electron chi connectivity index (χ3n) is 5.17. The summed E-state index contributed by atoms with van der Waals surface area (Å²) < 4.78 is 13.3. The second-order valence-corrected chi connectivity index (χ2v) is 7.54. The molecule has 0 saturated carbocycles. The summed E-state index contributed by atoms with van der Waals surface area (Å²) in [5.74, 6) is 1.78. The van der Waals surface area contributed by atoms with Gasteiger partial charge in [-0.1, -0.05) is 41.0 Å². The molecule has 0 aliphatic carbocycles. The van der Waals surface area contributed by atoms with Gasteiger partial charge in [0.15, 0.2) is 11.5 Å². The zero-order valence-electron chi connectivity index (χ0n) is 17.1. The van der Waals surface area contributed by atoms with E-state index < -0.39 is 0 Å². The highest BCUT2D eigenvalue weighted by Crippen LogP contribution is 2.36. The molecule has 32 heavy (non-hydrogen) atoms. The Hall–Kier alpha value is -3.91. The molecule has 0 radical (unpaired) electrons. The minimum atomic E-state index is -0.233. The van der Waals surface area contributed by atoms with E-state index >= 15 is 0 Å². The van der Waals surface area contributed by atoms with E-state index in [0.717, 1.165) is 22.4 Å². The first kappa shape index (κ1) is 20.0. The highest BCUT2D eigenvalue weighted by molar-refractivity contribution is 6.31. The number of nitrogens with zero attached hydrogens (tertiary/aromatic N) is 5. The second-order valence-electron chi connectivity index (χ2n) is 7.13. The van der Waals surface area contributed by atoms with Gasteiger partial charge in [0.05, 0.1) is 7.11 Å². The molecular formula is C23H19ClN6O2. The maximum atomic E-state index is 6.24. The number of pyridine rings is 1. The van der Waals surface area contributed by atoms with Crippen LogP contribution in [0.25, 0.3) is 5.70 Å². The molecule has 160 valence electrons. The normalized spacial score (nSPS) is 14.8. The van der Waals surface area contributed by atoms with E-state index in [4.69, 9.17) is 21.1 Å². The first-order valence-electron chi connectivity index (χ1n) is 9.94. The van der Waals surface area contributed by atoms with Gasteiger partial charge in [-0.15, -0.1) is 0 Å². The summed E-state index contributed by atoms with van der Waals surface area (Å²) in [6.45, 7) is 0.338. The first-order chi connectivity index (χ1) is 15.7. The molecule has 0 saturated heterocycles. The fraction of sp³-hybridized carbons (Fsp3) is 0.130. The summed E-state index contributed by atoms with van der Waals surface area (Å²) in [5.41, 5.74) is 3.67. The lowest BCUT2D eigenvalue weighted by Gasteiger charge is -2.24. The SMILES string of the molecule is COc1cc([C@@H]2C=C(c3cccnc3)Nc3nnnn32)ccc1OCc1ccccc1Cl. The maximum Gasteiger partial charge on any atom is 0.248 e. The average Bonchev–Trinajstić information content (AvgIpc) is 3.32. The number of fused-ring (bicyclic) bond motifs is 1. The van der Waals surface area contributed by atoms with E-state index in [9.17, 15) is 0 Å². The summed E-state index contributed by atoms with van der Waals surface area (Å²) >= 11 is 6.24. The maximum absolute atomic E-state index is 6.24. The van der Waals surface area contributed by atoms with Crippen LogP contribution >= 0.6 is 11.6 Å². The lowest BCUT2D eigenvalue weighted by molar-refractivity contribution is 0.284. The molecule has 3 heterocycles. The van der Waals surface area contributed by atoms with Crippen molar-refractivity contribution >= 4 is 23.2 Å². The predicted molar refractivity (Wildman–Crippen MR) is 121 cm³/mol. The molecule has 0 amide bonds. The van der Waals surface area contributed by atoms with Gasteiger partial charge < -0.3 is 14.8 Å².